The highest BCUT2D eigenvalue weighted by Crippen LogP contribution is 2.41. The van der Waals surface area contributed by atoms with Crippen LogP contribution in [0.1, 0.15) is 27.0 Å². The fraction of sp³-hybridized carbons (Fsp3) is 0.300. The maximum absolute atomic E-state index is 13.4. The first kappa shape index (κ1) is 15.3. The normalized spacial score (nSPS) is 12.6. The molecule has 19 heavy (non-hydrogen) atoms. The second-order valence-corrected chi connectivity index (χ2v) is 3.65. The van der Waals surface area contributed by atoms with E-state index < -0.39 is 46.3 Å². The molecule has 1 amide bonds. The summed E-state index contributed by atoms with van der Waals surface area (Å²) in [5, 5.41) is 0. The molecular weight excluding hydrogens is 283 g/mol. The Morgan fingerprint density at radius 1 is 1.11 bits per heavy atom. The zero-order valence-electron chi connectivity index (χ0n) is 9.21. The lowest BCUT2D eigenvalue weighted by molar-refractivity contribution is -0.148. The molecular formula is C10H6F7NO. The van der Waals surface area contributed by atoms with Crippen molar-refractivity contribution in [1.29, 1.82) is 0 Å². The summed E-state index contributed by atoms with van der Waals surface area (Å²) in [7, 11) is 0. The third-order valence-corrected chi connectivity index (χ3v) is 2.38. The van der Waals surface area contributed by atoms with Crippen LogP contribution >= 0.6 is 0 Å². The van der Waals surface area contributed by atoms with Crippen LogP contribution in [-0.4, -0.2) is 5.91 Å². The van der Waals surface area contributed by atoms with Crippen LogP contribution in [0.15, 0.2) is 6.07 Å². The van der Waals surface area contributed by atoms with Gasteiger partial charge in [0.15, 0.2) is 0 Å². The van der Waals surface area contributed by atoms with Gasteiger partial charge in [-0.05, 0) is 18.6 Å². The van der Waals surface area contributed by atoms with E-state index in [0.29, 0.717) is 6.92 Å². The van der Waals surface area contributed by atoms with Gasteiger partial charge >= 0.3 is 12.4 Å². The Morgan fingerprint density at radius 2 is 1.58 bits per heavy atom. The Bertz CT molecular complexity index is 530. The van der Waals surface area contributed by atoms with Gasteiger partial charge in [0.2, 0.25) is 5.91 Å². The summed E-state index contributed by atoms with van der Waals surface area (Å²) in [6.07, 6.45) is -10.7. The summed E-state index contributed by atoms with van der Waals surface area (Å²) in [5.41, 5.74) is -1.64. The van der Waals surface area contributed by atoms with Gasteiger partial charge in [0.1, 0.15) is 5.82 Å². The van der Waals surface area contributed by atoms with Crippen molar-refractivity contribution in [1.82, 2.24) is 0 Å². The van der Waals surface area contributed by atoms with Gasteiger partial charge in [-0.15, -0.1) is 0 Å². The van der Waals surface area contributed by atoms with E-state index in [0.717, 1.165) is 0 Å². The quantitative estimate of drug-likeness (QED) is 0.792. The molecule has 0 unspecified atom stereocenters. The maximum atomic E-state index is 13.4. The third-order valence-electron chi connectivity index (χ3n) is 2.38. The predicted molar refractivity (Wildman–Crippen MR) is 49.7 cm³/mol. The summed E-state index contributed by atoms with van der Waals surface area (Å²) in [5.74, 6) is -3.98. The summed E-state index contributed by atoms with van der Waals surface area (Å²) in [6.45, 7) is 0.673. The largest absolute Gasteiger partial charge is 0.419 e. The zero-order chi connectivity index (χ0) is 15.2. The number of primary amides is 1. The van der Waals surface area contributed by atoms with Crippen molar-refractivity contribution >= 4 is 5.91 Å². The molecule has 2 N–H and O–H groups in total. The highest BCUT2D eigenvalue weighted by atomic mass is 19.4. The molecule has 0 saturated carbocycles. The highest BCUT2D eigenvalue weighted by molar-refractivity contribution is 5.95. The summed E-state index contributed by atoms with van der Waals surface area (Å²) >= 11 is 0. The number of benzene rings is 1. The molecule has 0 bridgehead atoms. The fourth-order valence-corrected chi connectivity index (χ4v) is 1.55. The maximum Gasteiger partial charge on any atom is 0.419 e. The second kappa shape index (κ2) is 4.39. The van der Waals surface area contributed by atoms with Crippen molar-refractivity contribution in [2.75, 3.05) is 0 Å². The topological polar surface area (TPSA) is 43.1 Å². The molecule has 106 valence electrons. The average molecular weight is 289 g/mol. The molecule has 0 fully saturated rings. The van der Waals surface area contributed by atoms with Gasteiger partial charge in [0, 0.05) is 5.56 Å². The predicted octanol–water partition coefficient (Wildman–Crippen LogP) is 3.27. The number of rotatable bonds is 1. The minimum atomic E-state index is -5.38. The Kier molecular flexibility index (Phi) is 3.53. The van der Waals surface area contributed by atoms with Crippen LogP contribution in [0.2, 0.25) is 0 Å². The molecule has 0 radical (unpaired) electrons. The summed E-state index contributed by atoms with van der Waals surface area (Å²) in [4.78, 5) is 10.9. The van der Waals surface area contributed by atoms with Crippen LogP contribution in [0.25, 0.3) is 0 Å². The molecule has 1 aromatic rings. The van der Waals surface area contributed by atoms with Crippen LogP contribution in [0.4, 0.5) is 30.7 Å². The van der Waals surface area contributed by atoms with Crippen LogP contribution < -0.4 is 5.73 Å². The van der Waals surface area contributed by atoms with Gasteiger partial charge in [-0.1, -0.05) is 0 Å². The number of hydrogen-bond donors (Lipinski definition) is 1. The molecule has 0 atom stereocenters. The van der Waals surface area contributed by atoms with E-state index in [9.17, 15) is 35.5 Å². The third kappa shape index (κ3) is 2.79. The van der Waals surface area contributed by atoms with Crippen LogP contribution in [0.3, 0.4) is 0 Å². The van der Waals surface area contributed by atoms with Gasteiger partial charge in [-0.25, -0.2) is 4.39 Å². The number of nitrogens with two attached hydrogens (primary N) is 1. The Balaban J connectivity index is 3.82. The minimum absolute atomic E-state index is 0.0256. The first-order chi connectivity index (χ1) is 8.37. The van der Waals surface area contributed by atoms with Gasteiger partial charge in [-0.3, -0.25) is 4.79 Å². The van der Waals surface area contributed by atoms with Crippen LogP contribution in [-0.2, 0) is 12.4 Å². The molecule has 9 heteroatoms. The molecule has 0 heterocycles. The van der Waals surface area contributed by atoms with Crippen molar-refractivity contribution in [3.63, 3.8) is 0 Å². The van der Waals surface area contributed by atoms with Crippen molar-refractivity contribution in [3.05, 3.63) is 34.1 Å². The average Bonchev–Trinajstić information content (AvgIpc) is 2.12. The van der Waals surface area contributed by atoms with E-state index in [1.54, 1.807) is 0 Å². The Hall–Kier alpha value is -1.80. The molecule has 0 aliphatic heterocycles. The van der Waals surface area contributed by atoms with Crippen molar-refractivity contribution in [2.24, 2.45) is 5.73 Å². The SMILES string of the molecule is Cc1c(C(N)=O)cc(C(F)(F)F)c(F)c1C(F)(F)F. The molecule has 0 aliphatic carbocycles. The van der Waals surface area contributed by atoms with Crippen molar-refractivity contribution in [3.8, 4) is 0 Å². The Labute approximate surface area is 102 Å². The Morgan fingerprint density at radius 3 is 1.89 bits per heavy atom. The molecule has 2 nitrogen and oxygen atoms in total. The van der Waals surface area contributed by atoms with E-state index in [2.05, 4.69) is 0 Å². The monoisotopic (exact) mass is 289 g/mol. The highest BCUT2D eigenvalue weighted by Gasteiger charge is 2.44. The van der Waals surface area contributed by atoms with E-state index in [1.165, 1.54) is 0 Å². The molecule has 0 aromatic heterocycles. The smallest absolute Gasteiger partial charge is 0.366 e. The zero-order valence-corrected chi connectivity index (χ0v) is 9.21. The molecule has 0 aliphatic rings. The van der Waals surface area contributed by atoms with Crippen LogP contribution in [0.5, 0.6) is 0 Å². The molecule has 0 spiro atoms. The van der Waals surface area contributed by atoms with E-state index in [1.807, 2.05) is 0 Å². The lowest BCUT2D eigenvalue weighted by atomic mass is 9.96. The molecule has 0 saturated heterocycles. The van der Waals surface area contributed by atoms with Gasteiger partial charge in [-0.2, -0.15) is 26.3 Å². The number of hydrogen-bond acceptors (Lipinski definition) is 1. The van der Waals surface area contributed by atoms with E-state index in [-0.39, 0.29) is 6.07 Å². The van der Waals surface area contributed by atoms with E-state index >= 15 is 0 Å². The minimum Gasteiger partial charge on any atom is -0.366 e. The first-order valence-electron chi connectivity index (χ1n) is 4.64. The molecule has 1 rings (SSSR count). The number of alkyl halides is 6. The number of amides is 1. The second-order valence-electron chi connectivity index (χ2n) is 3.65. The summed E-state index contributed by atoms with van der Waals surface area (Å²) in [6, 6.07) is -0.0256. The van der Waals surface area contributed by atoms with Crippen LogP contribution in [0, 0.1) is 12.7 Å². The lowest BCUT2D eigenvalue weighted by Crippen LogP contribution is -2.22. The van der Waals surface area contributed by atoms with Gasteiger partial charge in [0.25, 0.3) is 0 Å². The standard InChI is InChI=1S/C10H6F7NO/c1-3-4(8(18)19)2-5(9(12,13)14)7(11)6(3)10(15,16)17/h2H,1H3,(H2,18,19). The lowest BCUT2D eigenvalue weighted by Gasteiger charge is -2.18. The van der Waals surface area contributed by atoms with Gasteiger partial charge < -0.3 is 5.73 Å². The van der Waals surface area contributed by atoms with E-state index in [4.69, 9.17) is 5.73 Å². The number of halogens is 7. The number of carbonyl (C=O) groups excluding carboxylic acids is 1. The summed E-state index contributed by atoms with van der Waals surface area (Å²) < 4.78 is 88.4. The van der Waals surface area contributed by atoms with Crippen molar-refractivity contribution < 1.29 is 35.5 Å². The van der Waals surface area contributed by atoms with Gasteiger partial charge in [0.05, 0.1) is 11.1 Å². The fourth-order valence-electron chi connectivity index (χ4n) is 1.55. The van der Waals surface area contributed by atoms with Crippen molar-refractivity contribution in [2.45, 2.75) is 19.3 Å². The first-order valence-corrected chi connectivity index (χ1v) is 4.64. The molecule has 1 aromatic carbocycles. The number of carbonyl (C=O) groups is 1.